The molecule has 1 aromatic rings. The maximum absolute atomic E-state index is 14.2. The fourth-order valence-corrected chi connectivity index (χ4v) is 2.64. The number of rotatable bonds is 3. The first-order valence-electron chi connectivity index (χ1n) is 7.61. The van der Waals surface area contributed by atoms with Gasteiger partial charge in [-0.1, -0.05) is 0 Å². The molecule has 1 N–H and O–H groups in total. The second-order valence-corrected chi connectivity index (χ2v) is 6.76. The minimum Gasteiger partial charge on any atom is -0.400 e. The van der Waals surface area contributed by atoms with Gasteiger partial charge in [-0.25, -0.2) is 13.6 Å². The van der Waals surface area contributed by atoms with Crippen LogP contribution in [0.25, 0.3) is 0 Å². The van der Waals surface area contributed by atoms with Gasteiger partial charge in [0.2, 0.25) is 0 Å². The first kappa shape index (κ1) is 19.7. The summed E-state index contributed by atoms with van der Waals surface area (Å²) in [7, 11) is 1.00. The summed E-state index contributed by atoms with van der Waals surface area (Å²) in [6.07, 6.45) is 1.39. The number of aliphatic hydroxyl groups is 1. The number of ether oxygens (including phenoxy) is 1. The zero-order chi connectivity index (χ0) is 17.8. The lowest BCUT2D eigenvalue weighted by Gasteiger charge is -2.22. The predicted molar refractivity (Wildman–Crippen MR) is 83.8 cm³/mol. The number of hydrogen-bond acceptors (Lipinski definition) is 4. The Balaban J connectivity index is 0.00000127. The third-order valence-electron chi connectivity index (χ3n) is 3.66. The van der Waals surface area contributed by atoms with Crippen LogP contribution in [0.4, 0.5) is 8.78 Å². The highest BCUT2D eigenvalue weighted by Crippen LogP contribution is 2.46. The molecule has 0 radical (unpaired) electrons. The van der Waals surface area contributed by atoms with E-state index in [-0.39, 0.29) is 31.0 Å². The van der Waals surface area contributed by atoms with Crippen LogP contribution in [0.5, 0.6) is 0 Å². The van der Waals surface area contributed by atoms with Crippen LogP contribution in [0, 0.1) is 12.8 Å². The number of halogens is 2. The van der Waals surface area contributed by atoms with Gasteiger partial charge >= 0.3 is 5.69 Å². The molecule has 0 saturated heterocycles. The van der Waals surface area contributed by atoms with Gasteiger partial charge in [0, 0.05) is 25.4 Å². The van der Waals surface area contributed by atoms with Crippen molar-refractivity contribution in [2.75, 3.05) is 13.7 Å². The minimum atomic E-state index is -2.91. The van der Waals surface area contributed by atoms with E-state index in [1.807, 2.05) is 20.8 Å². The summed E-state index contributed by atoms with van der Waals surface area (Å²) in [6.45, 7) is 7.63. The summed E-state index contributed by atoms with van der Waals surface area (Å²) in [6, 6.07) is 0.447. The van der Waals surface area contributed by atoms with Gasteiger partial charge in [0.15, 0.2) is 0 Å². The van der Waals surface area contributed by atoms with Crippen LogP contribution in [0.3, 0.4) is 0 Å². The number of nitrogens with zero attached hydrogens (tertiary/aromatic N) is 2. The topological polar surface area (TPSA) is 64.3 Å². The van der Waals surface area contributed by atoms with Crippen LogP contribution in [-0.4, -0.2) is 39.9 Å². The van der Waals surface area contributed by atoms with E-state index in [1.165, 1.54) is 6.20 Å². The third kappa shape index (κ3) is 5.35. The standard InChI is InChI=1S/C15H22F2N2O2.CH4O/c1-10-5-6-19(13(20)18-10)12-7-11(8-15(12,16)17)9-21-14(2,3)4;1-2/h5-6,11-12H,7-9H2,1-4H3;2H,1H3. The fraction of sp³-hybridized carbons (Fsp3) is 0.750. The van der Waals surface area contributed by atoms with Crippen molar-refractivity contribution in [3.8, 4) is 0 Å². The summed E-state index contributed by atoms with van der Waals surface area (Å²) in [5, 5.41) is 7.00. The van der Waals surface area contributed by atoms with E-state index in [2.05, 4.69) is 4.98 Å². The maximum Gasteiger partial charge on any atom is 0.348 e. The molecule has 1 fully saturated rings. The summed E-state index contributed by atoms with van der Waals surface area (Å²) in [5.74, 6) is -3.16. The average molecular weight is 332 g/mol. The van der Waals surface area contributed by atoms with Gasteiger partial charge in [0.25, 0.3) is 5.92 Å². The van der Waals surface area contributed by atoms with E-state index in [9.17, 15) is 13.6 Å². The zero-order valence-corrected chi connectivity index (χ0v) is 14.3. The van der Waals surface area contributed by atoms with E-state index in [0.717, 1.165) is 11.7 Å². The molecule has 0 aliphatic heterocycles. The highest BCUT2D eigenvalue weighted by atomic mass is 19.3. The Morgan fingerprint density at radius 3 is 2.57 bits per heavy atom. The van der Waals surface area contributed by atoms with Crippen molar-refractivity contribution in [1.82, 2.24) is 9.55 Å². The molecule has 132 valence electrons. The number of aryl methyl sites for hydroxylation is 1. The first-order chi connectivity index (χ1) is 10.6. The van der Waals surface area contributed by atoms with Crippen LogP contribution in [0.1, 0.15) is 45.3 Å². The van der Waals surface area contributed by atoms with E-state index < -0.39 is 17.7 Å². The van der Waals surface area contributed by atoms with Crippen molar-refractivity contribution in [3.63, 3.8) is 0 Å². The molecule has 1 saturated carbocycles. The molecule has 0 bridgehead atoms. The van der Waals surface area contributed by atoms with E-state index in [0.29, 0.717) is 5.69 Å². The molecule has 1 aliphatic carbocycles. The Labute approximate surface area is 135 Å². The first-order valence-corrected chi connectivity index (χ1v) is 7.61. The monoisotopic (exact) mass is 332 g/mol. The van der Waals surface area contributed by atoms with Gasteiger partial charge in [0.05, 0.1) is 12.2 Å². The molecule has 2 rings (SSSR count). The average Bonchev–Trinajstić information content (AvgIpc) is 2.73. The maximum atomic E-state index is 14.2. The molecule has 1 aliphatic rings. The van der Waals surface area contributed by atoms with Gasteiger partial charge in [-0.3, -0.25) is 4.57 Å². The van der Waals surface area contributed by atoms with Gasteiger partial charge in [-0.2, -0.15) is 4.98 Å². The number of alkyl halides is 2. The third-order valence-corrected chi connectivity index (χ3v) is 3.66. The summed E-state index contributed by atoms with van der Waals surface area (Å²) in [5.41, 5.74) is -0.433. The molecule has 2 unspecified atom stereocenters. The van der Waals surface area contributed by atoms with E-state index >= 15 is 0 Å². The highest BCUT2D eigenvalue weighted by Gasteiger charge is 2.50. The van der Waals surface area contributed by atoms with Crippen molar-refractivity contribution >= 4 is 0 Å². The Bertz CT molecular complexity index is 567. The smallest absolute Gasteiger partial charge is 0.348 e. The Hall–Kier alpha value is -1.34. The number of aromatic nitrogens is 2. The minimum absolute atomic E-state index is 0.230. The molecule has 7 heteroatoms. The summed E-state index contributed by atoms with van der Waals surface area (Å²) in [4.78, 5) is 15.6. The van der Waals surface area contributed by atoms with Crippen molar-refractivity contribution in [2.45, 2.75) is 58.1 Å². The molecule has 2 atom stereocenters. The second-order valence-electron chi connectivity index (χ2n) is 6.76. The lowest BCUT2D eigenvalue weighted by Crippen LogP contribution is -2.34. The molecule has 0 aromatic carbocycles. The van der Waals surface area contributed by atoms with Crippen LogP contribution < -0.4 is 5.69 Å². The van der Waals surface area contributed by atoms with Crippen molar-refractivity contribution in [3.05, 3.63) is 28.4 Å². The molecule has 23 heavy (non-hydrogen) atoms. The van der Waals surface area contributed by atoms with Crippen LogP contribution in [0.15, 0.2) is 17.1 Å². The zero-order valence-electron chi connectivity index (χ0n) is 14.3. The van der Waals surface area contributed by atoms with Crippen molar-refractivity contribution in [2.24, 2.45) is 5.92 Å². The van der Waals surface area contributed by atoms with Crippen LogP contribution in [0.2, 0.25) is 0 Å². The number of aliphatic hydroxyl groups excluding tert-OH is 1. The Morgan fingerprint density at radius 2 is 2.04 bits per heavy atom. The molecule has 0 amide bonds. The molecular formula is C16H26F2N2O3. The van der Waals surface area contributed by atoms with E-state index in [4.69, 9.17) is 9.84 Å². The van der Waals surface area contributed by atoms with Gasteiger partial charge in [0.1, 0.15) is 6.04 Å². The lowest BCUT2D eigenvalue weighted by atomic mass is 10.1. The van der Waals surface area contributed by atoms with E-state index in [1.54, 1.807) is 13.0 Å². The SMILES string of the molecule is CO.Cc1ccn(C2CC(COC(C)(C)C)CC2(F)F)c(=O)n1. The van der Waals surface area contributed by atoms with Crippen LogP contribution in [-0.2, 0) is 4.74 Å². The molecule has 1 aromatic heterocycles. The molecular weight excluding hydrogens is 306 g/mol. The Morgan fingerprint density at radius 1 is 1.43 bits per heavy atom. The Kier molecular flexibility index (Phi) is 6.41. The van der Waals surface area contributed by atoms with Gasteiger partial charge in [-0.15, -0.1) is 0 Å². The van der Waals surface area contributed by atoms with Gasteiger partial charge < -0.3 is 9.84 Å². The van der Waals surface area contributed by atoms with Gasteiger partial charge in [-0.05, 0) is 46.1 Å². The van der Waals surface area contributed by atoms with Crippen LogP contribution >= 0.6 is 0 Å². The molecule has 1 heterocycles. The van der Waals surface area contributed by atoms with Crippen molar-refractivity contribution in [1.29, 1.82) is 0 Å². The fourth-order valence-electron chi connectivity index (χ4n) is 2.64. The molecule has 5 nitrogen and oxygen atoms in total. The summed E-state index contributed by atoms with van der Waals surface area (Å²) < 4.78 is 35.1. The molecule has 0 spiro atoms. The summed E-state index contributed by atoms with van der Waals surface area (Å²) >= 11 is 0. The quantitative estimate of drug-likeness (QED) is 0.924. The lowest BCUT2D eigenvalue weighted by molar-refractivity contribution is -0.0469. The largest absolute Gasteiger partial charge is 0.400 e. The number of hydrogen-bond donors (Lipinski definition) is 1. The normalized spacial score (nSPS) is 23.3. The predicted octanol–water partition coefficient (Wildman–Crippen LogP) is 2.56. The second kappa shape index (κ2) is 7.49. The van der Waals surface area contributed by atoms with Crippen molar-refractivity contribution < 1.29 is 18.6 Å². The highest BCUT2D eigenvalue weighted by molar-refractivity contribution is 5.01.